The predicted octanol–water partition coefficient (Wildman–Crippen LogP) is 2.56. The molecule has 1 aliphatic heterocycles. The number of aliphatic hydroxyl groups excluding tert-OH is 1. The van der Waals surface area contributed by atoms with Gasteiger partial charge in [0.2, 0.25) is 5.89 Å². The van der Waals surface area contributed by atoms with Crippen molar-refractivity contribution < 1.29 is 9.52 Å². The molecule has 0 radical (unpaired) electrons. The largest absolute Gasteiger partial charge is 0.439 e. The maximum Gasteiger partial charge on any atom is 0.209 e. The van der Waals surface area contributed by atoms with Crippen molar-refractivity contribution in [2.24, 2.45) is 0 Å². The molecule has 1 atom stereocenters. The number of aliphatic hydroxyl groups is 1. The first-order valence-corrected chi connectivity index (χ1v) is 6.69. The molecule has 1 saturated heterocycles. The van der Waals surface area contributed by atoms with Gasteiger partial charge in [0, 0.05) is 23.7 Å². The molecule has 0 bridgehead atoms. The molecular formula is C14H15ClN2O2. The van der Waals surface area contributed by atoms with Crippen LogP contribution >= 0.6 is 11.6 Å². The number of halogens is 1. The molecule has 2 heterocycles. The van der Waals surface area contributed by atoms with Gasteiger partial charge >= 0.3 is 0 Å². The van der Waals surface area contributed by atoms with Gasteiger partial charge < -0.3 is 9.52 Å². The maximum atomic E-state index is 9.48. The van der Waals surface area contributed by atoms with Gasteiger partial charge in [-0.2, -0.15) is 0 Å². The summed E-state index contributed by atoms with van der Waals surface area (Å²) in [7, 11) is 0. The van der Waals surface area contributed by atoms with Gasteiger partial charge in [-0.1, -0.05) is 11.6 Å². The lowest BCUT2D eigenvalue weighted by Crippen LogP contribution is -2.21. The van der Waals surface area contributed by atoms with Crippen LogP contribution in [-0.2, 0) is 6.54 Å². The van der Waals surface area contributed by atoms with E-state index in [1.54, 1.807) is 6.20 Å². The third-order valence-corrected chi connectivity index (χ3v) is 3.54. The van der Waals surface area contributed by atoms with Crippen molar-refractivity contribution >= 4 is 11.6 Å². The van der Waals surface area contributed by atoms with Crippen molar-refractivity contribution in [1.82, 2.24) is 9.88 Å². The highest BCUT2D eigenvalue weighted by Crippen LogP contribution is 2.23. The van der Waals surface area contributed by atoms with Crippen LogP contribution in [0.25, 0.3) is 11.3 Å². The minimum Gasteiger partial charge on any atom is -0.439 e. The Labute approximate surface area is 116 Å². The van der Waals surface area contributed by atoms with Crippen LogP contribution in [0.1, 0.15) is 12.3 Å². The molecule has 3 rings (SSSR count). The van der Waals surface area contributed by atoms with Gasteiger partial charge in [0.15, 0.2) is 5.76 Å². The van der Waals surface area contributed by atoms with E-state index in [1.165, 1.54) is 0 Å². The normalized spacial score (nSPS) is 20.0. The fraction of sp³-hybridized carbons (Fsp3) is 0.357. The number of hydrogen-bond donors (Lipinski definition) is 1. The summed E-state index contributed by atoms with van der Waals surface area (Å²) < 4.78 is 5.73. The minimum absolute atomic E-state index is 0.217. The first kappa shape index (κ1) is 12.7. The second-order valence-electron chi connectivity index (χ2n) is 4.80. The number of hydrogen-bond acceptors (Lipinski definition) is 4. The van der Waals surface area contributed by atoms with E-state index in [1.807, 2.05) is 24.3 Å². The molecule has 1 aromatic heterocycles. The predicted molar refractivity (Wildman–Crippen MR) is 72.8 cm³/mol. The molecule has 0 aliphatic carbocycles. The number of β-amino-alcohol motifs (C(OH)–C–C–N with tert-alkyl or cyclic N) is 1. The van der Waals surface area contributed by atoms with Crippen molar-refractivity contribution in [3.63, 3.8) is 0 Å². The summed E-state index contributed by atoms with van der Waals surface area (Å²) in [6.45, 7) is 2.23. The number of nitrogens with zero attached hydrogens (tertiary/aromatic N) is 2. The molecule has 0 saturated carbocycles. The Bertz CT molecular complexity index is 553. The Morgan fingerprint density at radius 3 is 2.84 bits per heavy atom. The second-order valence-corrected chi connectivity index (χ2v) is 5.24. The average molecular weight is 279 g/mol. The standard InChI is InChI=1S/C14H15ClN2O2/c15-11-3-1-10(2-4-11)13-7-16-14(19-13)9-17-6-5-12(18)8-17/h1-4,7,12,18H,5-6,8-9H2/t12-/m0/s1. The lowest BCUT2D eigenvalue weighted by molar-refractivity contribution is 0.171. The number of likely N-dealkylation sites (tertiary alicyclic amines) is 1. The molecule has 100 valence electrons. The molecule has 1 aliphatic rings. The van der Waals surface area contributed by atoms with Crippen LogP contribution in [0.4, 0.5) is 0 Å². The first-order chi connectivity index (χ1) is 9.20. The van der Waals surface area contributed by atoms with E-state index in [4.69, 9.17) is 16.0 Å². The zero-order valence-electron chi connectivity index (χ0n) is 10.4. The van der Waals surface area contributed by atoms with Crippen molar-refractivity contribution in [1.29, 1.82) is 0 Å². The molecule has 4 nitrogen and oxygen atoms in total. The molecule has 1 fully saturated rings. The van der Waals surface area contributed by atoms with E-state index in [0.717, 1.165) is 24.3 Å². The molecule has 1 aromatic carbocycles. The van der Waals surface area contributed by atoms with Gasteiger partial charge in [-0.15, -0.1) is 0 Å². The van der Waals surface area contributed by atoms with Crippen LogP contribution < -0.4 is 0 Å². The number of benzene rings is 1. The Morgan fingerprint density at radius 1 is 1.37 bits per heavy atom. The van der Waals surface area contributed by atoms with Gasteiger partial charge in [-0.05, 0) is 30.7 Å². The van der Waals surface area contributed by atoms with Gasteiger partial charge in [-0.25, -0.2) is 4.98 Å². The van der Waals surface area contributed by atoms with Crippen LogP contribution in [0.2, 0.25) is 5.02 Å². The molecular weight excluding hydrogens is 264 g/mol. The number of oxazole rings is 1. The van der Waals surface area contributed by atoms with E-state index < -0.39 is 0 Å². The summed E-state index contributed by atoms with van der Waals surface area (Å²) in [5.41, 5.74) is 0.963. The summed E-state index contributed by atoms with van der Waals surface area (Å²) in [5.74, 6) is 1.42. The van der Waals surface area contributed by atoms with E-state index in [0.29, 0.717) is 24.0 Å². The second kappa shape index (κ2) is 5.33. The fourth-order valence-corrected chi connectivity index (χ4v) is 2.40. The van der Waals surface area contributed by atoms with Gasteiger partial charge in [0.25, 0.3) is 0 Å². The van der Waals surface area contributed by atoms with E-state index in [-0.39, 0.29) is 6.10 Å². The van der Waals surface area contributed by atoms with Crippen molar-refractivity contribution in [3.8, 4) is 11.3 Å². The van der Waals surface area contributed by atoms with E-state index >= 15 is 0 Å². The van der Waals surface area contributed by atoms with Gasteiger partial charge in [0.1, 0.15) is 0 Å². The van der Waals surface area contributed by atoms with E-state index in [2.05, 4.69) is 9.88 Å². The van der Waals surface area contributed by atoms with Crippen molar-refractivity contribution in [2.75, 3.05) is 13.1 Å². The fourth-order valence-electron chi connectivity index (χ4n) is 2.28. The maximum absolute atomic E-state index is 9.48. The summed E-state index contributed by atoms with van der Waals surface area (Å²) in [6.07, 6.45) is 2.33. The van der Waals surface area contributed by atoms with E-state index in [9.17, 15) is 5.11 Å². The highest BCUT2D eigenvalue weighted by Gasteiger charge is 2.21. The molecule has 0 unspecified atom stereocenters. The highest BCUT2D eigenvalue weighted by molar-refractivity contribution is 6.30. The molecule has 0 amide bonds. The average Bonchev–Trinajstić information content (AvgIpc) is 3.00. The van der Waals surface area contributed by atoms with Crippen molar-refractivity contribution in [3.05, 3.63) is 41.4 Å². The molecule has 5 heteroatoms. The van der Waals surface area contributed by atoms with Crippen LogP contribution in [0, 0.1) is 0 Å². The summed E-state index contributed by atoms with van der Waals surface area (Å²) >= 11 is 5.85. The Balaban J connectivity index is 1.71. The monoisotopic (exact) mass is 278 g/mol. The summed E-state index contributed by atoms with van der Waals surface area (Å²) in [6, 6.07) is 7.48. The third kappa shape index (κ3) is 2.97. The molecule has 2 aromatic rings. The first-order valence-electron chi connectivity index (χ1n) is 6.32. The van der Waals surface area contributed by atoms with Crippen LogP contribution in [0.3, 0.4) is 0 Å². The lowest BCUT2D eigenvalue weighted by atomic mass is 10.2. The quantitative estimate of drug-likeness (QED) is 0.937. The minimum atomic E-state index is -0.217. The zero-order chi connectivity index (χ0) is 13.2. The topological polar surface area (TPSA) is 49.5 Å². The molecule has 1 N–H and O–H groups in total. The van der Waals surface area contributed by atoms with Crippen LogP contribution in [-0.4, -0.2) is 34.2 Å². The summed E-state index contributed by atoms with van der Waals surface area (Å²) in [5, 5.41) is 10.2. The Hall–Kier alpha value is -1.36. The molecule has 0 spiro atoms. The highest BCUT2D eigenvalue weighted by atomic mass is 35.5. The third-order valence-electron chi connectivity index (χ3n) is 3.29. The Kier molecular flexibility index (Phi) is 3.55. The van der Waals surface area contributed by atoms with Crippen LogP contribution in [0.5, 0.6) is 0 Å². The SMILES string of the molecule is O[C@H]1CCN(Cc2ncc(-c3ccc(Cl)cc3)o2)C1. The smallest absolute Gasteiger partial charge is 0.209 e. The molecule has 19 heavy (non-hydrogen) atoms. The Morgan fingerprint density at radius 2 is 2.16 bits per heavy atom. The van der Waals surface area contributed by atoms with Gasteiger partial charge in [0.05, 0.1) is 18.8 Å². The zero-order valence-corrected chi connectivity index (χ0v) is 11.2. The number of rotatable bonds is 3. The van der Waals surface area contributed by atoms with Crippen molar-refractivity contribution in [2.45, 2.75) is 19.1 Å². The number of aromatic nitrogens is 1. The summed E-state index contributed by atoms with van der Waals surface area (Å²) in [4.78, 5) is 6.42. The lowest BCUT2D eigenvalue weighted by Gasteiger charge is -2.11. The van der Waals surface area contributed by atoms with Crippen LogP contribution in [0.15, 0.2) is 34.9 Å². The van der Waals surface area contributed by atoms with Gasteiger partial charge in [-0.3, -0.25) is 4.90 Å².